The van der Waals surface area contributed by atoms with Crippen molar-refractivity contribution in [2.75, 3.05) is 5.32 Å². The predicted molar refractivity (Wildman–Crippen MR) is 102 cm³/mol. The molecule has 0 aliphatic heterocycles. The summed E-state index contributed by atoms with van der Waals surface area (Å²) in [4.78, 5) is 12.8. The van der Waals surface area contributed by atoms with Crippen LogP contribution in [0.4, 0.5) is 5.69 Å². The number of phenolic OH excluding ortho intramolecular Hbond substituents is 1. The molecule has 1 fully saturated rings. The van der Waals surface area contributed by atoms with Crippen LogP contribution in [0.25, 0.3) is 0 Å². The summed E-state index contributed by atoms with van der Waals surface area (Å²) in [7, 11) is 0. The highest BCUT2D eigenvalue weighted by atomic mass is 16.3. The van der Waals surface area contributed by atoms with Gasteiger partial charge in [-0.3, -0.25) is 4.79 Å². The minimum Gasteiger partial charge on any atom is -0.508 e. The Morgan fingerprint density at radius 3 is 2.16 bits per heavy atom. The number of aromatic hydroxyl groups is 1. The first-order valence-electron chi connectivity index (χ1n) is 9.13. The fourth-order valence-electron chi connectivity index (χ4n) is 3.75. The van der Waals surface area contributed by atoms with Crippen molar-refractivity contribution >= 4 is 11.6 Å². The molecule has 2 N–H and O–H groups in total. The average molecular weight is 337 g/mol. The first kappa shape index (κ1) is 17.5. The summed E-state index contributed by atoms with van der Waals surface area (Å²) >= 11 is 0. The van der Waals surface area contributed by atoms with Crippen molar-refractivity contribution in [3.8, 4) is 5.75 Å². The van der Waals surface area contributed by atoms with E-state index in [1.807, 2.05) is 38.1 Å². The van der Waals surface area contributed by atoms with Gasteiger partial charge in [0.05, 0.1) is 5.92 Å². The van der Waals surface area contributed by atoms with Crippen LogP contribution in [0.1, 0.15) is 56.6 Å². The van der Waals surface area contributed by atoms with Crippen LogP contribution in [0, 0.1) is 11.8 Å². The van der Waals surface area contributed by atoms with Crippen LogP contribution < -0.4 is 5.32 Å². The van der Waals surface area contributed by atoms with Crippen molar-refractivity contribution in [1.29, 1.82) is 0 Å². The zero-order chi connectivity index (χ0) is 18.0. The number of phenols is 1. The van der Waals surface area contributed by atoms with Gasteiger partial charge in [0.25, 0.3) is 0 Å². The van der Waals surface area contributed by atoms with Gasteiger partial charge in [0, 0.05) is 5.69 Å². The summed E-state index contributed by atoms with van der Waals surface area (Å²) in [5, 5.41) is 12.5. The molecular weight excluding hydrogens is 310 g/mol. The molecular formula is C22H27NO2. The van der Waals surface area contributed by atoms with Gasteiger partial charge < -0.3 is 10.4 Å². The summed E-state index contributed by atoms with van der Waals surface area (Å²) in [5.41, 5.74) is 3.13. The molecule has 1 amide bonds. The number of hydrogen-bond donors (Lipinski definition) is 2. The summed E-state index contributed by atoms with van der Waals surface area (Å²) < 4.78 is 0. The summed E-state index contributed by atoms with van der Waals surface area (Å²) in [5.74, 6) is 1.65. The molecule has 1 aliphatic carbocycles. The van der Waals surface area contributed by atoms with Crippen LogP contribution >= 0.6 is 0 Å². The summed E-state index contributed by atoms with van der Waals surface area (Å²) in [6.45, 7) is 6.37. The van der Waals surface area contributed by atoms with E-state index in [2.05, 4.69) is 24.4 Å². The van der Waals surface area contributed by atoms with Gasteiger partial charge in [0.1, 0.15) is 5.75 Å². The van der Waals surface area contributed by atoms with Crippen molar-refractivity contribution in [3.63, 3.8) is 0 Å². The molecule has 2 aromatic carbocycles. The lowest BCUT2D eigenvalue weighted by atomic mass is 9.72. The largest absolute Gasteiger partial charge is 0.508 e. The third kappa shape index (κ3) is 4.04. The fourth-order valence-corrected chi connectivity index (χ4v) is 3.75. The highest BCUT2D eigenvalue weighted by Gasteiger charge is 2.27. The maximum Gasteiger partial charge on any atom is 0.232 e. The van der Waals surface area contributed by atoms with Gasteiger partial charge in [-0.25, -0.2) is 0 Å². The minimum atomic E-state index is -0.243. The van der Waals surface area contributed by atoms with Crippen molar-refractivity contribution in [3.05, 3.63) is 59.7 Å². The Labute approximate surface area is 150 Å². The Hall–Kier alpha value is -2.29. The first-order valence-corrected chi connectivity index (χ1v) is 9.13. The molecule has 1 unspecified atom stereocenters. The number of benzene rings is 2. The molecule has 3 nitrogen and oxygen atoms in total. The second kappa shape index (κ2) is 7.30. The molecule has 0 spiro atoms. The second-order valence-electron chi connectivity index (χ2n) is 7.70. The quantitative estimate of drug-likeness (QED) is 0.779. The van der Waals surface area contributed by atoms with E-state index >= 15 is 0 Å². The Bertz CT molecular complexity index is 713. The lowest BCUT2D eigenvalue weighted by Gasteiger charge is -2.33. The van der Waals surface area contributed by atoms with Gasteiger partial charge in [-0.05, 0) is 66.0 Å². The molecule has 0 aromatic heterocycles. The van der Waals surface area contributed by atoms with Gasteiger partial charge in [-0.2, -0.15) is 0 Å². The highest BCUT2D eigenvalue weighted by molar-refractivity contribution is 5.96. The number of amides is 1. The normalized spacial score (nSPS) is 20.8. The molecule has 0 radical (unpaired) electrons. The Morgan fingerprint density at radius 2 is 1.64 bits per heavy atom. The van der Waals surface area contributed by atoms with Crippen LogP contribution in [0.3, 0.4) is 0 Å². The van der Waals surface area contributed by atoms with E-state index in [9.17, 15) is 9.90 Å². The smallest absolute Gasteiger partial charge is 0.232 e. The number of anilines is 1. The molecule has 132 valence electrons. The van der Waals surface area contributed by atoms with Crippen LogP contribution in [0.2, 0.25) is 0 Å². The van der Waals surface area contributed by atoms with Gasteiger partial charge in [-0.1, -0.05) is 45.0 Å². The Balaban J connectivity index is 1.69. The van der Waals surface area contributed by atoms with Crippen LogP contribution in [0.15, 0.2) is 48.5 Å². The zero-order valence-corrected chi connectivity index (χ0v) is 15.2. The standard InChI is InChI=1S/C22H27NO2/c1-14(2)21(17-6-10-20(24)11-7-17)22(25)23-19-8-4-16(5-9-19)18-12-15(3)13-18/h4-11,14-15,18,21,24H,12-13H2,1-3H3,(H,23,25). The van der Waals surface area contributed by atoms with Crippen LogP contribution in [-0.4, -0.2) is 11.0 Å². The van der Waals surface area contributed by atoms with E-state index in [1.165, 1.54) is 18.4 Å². The van der Waals surface area contributed by atoms with E-state index in [-0.39, 0.29) is 23.5 Å². The zero-order valence-electron chi connectivity index (χ0n) is 15.2. The first-order chi connectivity index (χ1) is 11.9. The lowest BCUT2D eigenvalue weighted by Crippen LogP contribution is -2.25. The Morgan fingerprint density at radius 1 is 1.04 bits per heavy atom. The summed E-state index contributed by atoms with van der Waals surface area (Å²) in [6, 6.07) is 15.2. The molecule has 1 aliphatic rings. The second-order valence-corrected chi connectivity index (χ2v) is 7.70. The minimum absolute atomic E-state index is 0.00861. The molecule has 0 bridgehead atoms. The SMILES string of the molecule is CC1CC(c2ccc(NC(=O)C(c3ccc(O)cc3)C(C)C)cc2)C1. The fraction of sp³-hybridized carbons (Fsp3) is 0.409. The van der Waals surface area contributed by atoms with E-state index in [0.29, 0.717) is 5.92 Å². The van der Waals surface area contributed by atoms with E-state index in [4.69, 9.17) is 0 Å². The maximum atomic E-state index is 12.8. The van der Waals surface area contributed by atoms with Gasteiger partial charge in [-0.15, -0.1) is 0 Å². The van der Waals surface area contributed by atoms with Gasteiger partial charge in [0.15, 0.2) is 0 Å². The van der Waals surface area contributed by atoms with E-state index in [1.54, 1.807) is 12.1 Å². The Kier molecular flexibility index (Phi) is 5.12. The number of hydrogen-bond acceptors (Lipinski definition) is 2. The van der Waals surface area contributed by atoms with Crippen molar-refractivity contribution < 1.29 is 9.90 Å². The lowest BCUT2D eigenvalue weighted by molar-refractivity contribution is -0.118. The molecule has 0 heterocycles. The van der Waals surface area contributed by atoms with Crippen LogP contribution in [0.5, 0.6) is 5.75 Å². The molecule has 1 saturated carbocycles. The highest BCUT2D eigenvalue weighted by Crippen LogP contribution is 2.41. The van der Waals surface area contributed by atoms with Crippen molar-refractivity contribution in [1.82, 2.24) is 0 Å². The number of rotatable bonds is 5. The summed E-state index contributed by atoms with van der Waals surface area (Å²) in [6.07, 6.45) is 2.53. The number of carbonyl (C=O) groups excluding carboxylic acids is 1. The number of nitrogens with one attached hydrogen (secondary N) is 1. The molecule has 25 heavy (non-hydrogen) atoms. The third-order valence-electron chi connectivity index (χ3n) is 5.22. The van der Waals surface area contributed by atoms with Gasteiger partial charge in [0.2, 0.25) is 5.91 Å². The molecule has 2 aromatic rings. The van der Waals surface area contributed by atoms with Crippen molar-refractivity contribution in [2.24, 2.45) is 11.8 Å². The molecule has 3 rings (SSSR count). The molecule has 3 heteroatoms. The monoisotopic (exact) mass is 337 g/mol. The van der Waals surface area contributed by atoms with E-state index in [0.717, 1.165) is 17.2 Å². The molecule has 1 atom stereocenters. The molecule has 0 saturated heterocycles. The predicted octanol–water partition coefficient (Wildman–Crippen LogP) is 5.28. The maximum absolute atomic E-state index is 12.8. The number of carbonyl (C=O) groups is 1. The van der Waals surface area contributed by atoms with Crippen LogP contribution in [-0.2, 0) is 4.79 Å². The average Bonchev–Trinajstić information content (AvgIpc) is 2.54. The van der Waals surface area contributed by atoms with Crippen molar-refractivity contribution in [2.45, 2.75) is 45.4 Å². The topological polar surface area (TPSA) is 49.3 Å². The van der Waals surface area contributed by atoms with E-state index < -0.39 is 0 Å². The third-order valence-corrected chi connectivity index (χ3v) is 5.22. The van der Waals surface area contributed by atoms with Gasteiger partial charge >= 0.3 is 0 Å².